The molecule has 2 atom stereocenters. The second-order valence-corrected chi connectivity index (χ2v) is 7.83. The second kappa shape index (κ2) is 8.31. The minimum atomic E-state index is -5.31. The summed E-state index contributed by atoms with van der Waals surface area (Å²) in [7, 11) is 1.14. The average Bonchev–Trinajstić information content (AvgIpc) is 3.18. The Balaban J connectivity index is 2.12. The highest BCUT2D eigenvalue weighted by molar-refractivity contribution is 5.91. The number of aliphatic imine (C=N–C) groups is 1. The van der Waals surface area contributed by atoms with Crippen LogP contribution in [0.1, 0.15) is 50.6 Å². The van der Waals surface area contributed by atoms with Crippen molar-refractivity contribution in [2.75, 3.05) is 7.11 Å². The molecule has 0 saturated heterocycles. The molecule has 3 nitrogen and oxygen atoms in total. The monoisotopic (exact) mass is 497 g/mol. The molecule has 184 valence electrons. The van der Waals surface area contributed by atoms with Gasteiger partial charge in [0.05, 0.1) is 29.8 Å². The van der Waals surface area contributed by atoms with Crippen LogP contribution in [-0.4, -0.2) is 25.5 Å². The molecule has 0 amide bonds. The van der Waals surface area contributed by atoms with Gasteiger partial charge in [0.15, 0.2) is 0 Å². The van der Waals surface area contributed by atoms with Crippen LogP contribution in [-0.2, 0) is 22.5 Å². The van der Waals surface area contributed by atoms with E-state index in [2.05, 4.69) is 9.73 Å². The summed E-state index contributed by atoms with van der Waals surface area (Å²) < 4.78 is 127. The fourth-order valence-electron chi connectivity index (χ4n) is 3.82. The molecule has 34 heavy (non-hydrogen) atoms. The van der Waals surface area contributed by atoms with Crippen molar-refractivity contribution >= 4 is 12.2 Å². The number of rotatable bonds is 3. The third-order valence-electron chi connectivity index (χ3n) is 5.64. The van der Waals surface area contributed by atoms with E-state index in [-0.39, 0.29) is 29.3 Å². The molecule has 0 N–H and O–H groups in total. The van der Waals surface area contributed by atoms with Crippen molar-refractivity contribution in [2.24, 2.45) is 4.99 Å². The molecule has 1 heterocycles. The summed E-state index contributed by atoms with van der Waals surface area (Å²) in [5, 5.41) is 0. The van der Waals surface area contributed by atoms with Crippen molar-refractivity contribution in [2.45, 2.75) is 43.3 Å². The third-order valence-corrected chi connectivity index (χ3v) is 5.64. The Labute approximate surface area is 187 Å². The van der Waals surface area contributed by atoms with Gasteiger partial charge in [0.2, 0.25) is 0 Å². The molecule has 2 aromatic carbocycles. The van der Waals surface area contributed by atoms with Crippen LogP contribution < -0.4 is 0 Å². The zero-order valence-corrected chi connectivity index (χ0v) is 17.5. The van der Waals surface area contributed by atoms with Gasteiger partial charge in [-0.05, 0) is 54.3 Å². The minimum absolute atomic E-state index is 0.0722. The number of aryl methyl sites for hydroxylation is 1. The molecule has 0 fully saturated rings. The molecular formula is C22H16F9NO2. The van der Waals surface area contributed by atoms with Crippen molar-refractivity contribution in [1.29, 1.82) is 0 Å². The molecule has 0 aromatic heterocycles. The predicted octanol–water partition coefficient (Wildman–Crippen LogP) is 6.84. The quantitative estimate of drug-likeness (QED) is 0.344. The topological polar surface area (TPSA) is 38.7 Å². The lowest BCUT2D eigenvalue weighted by Gasteiger charge is -2.31. The smallest absolute Gasteiger partial charge is 0.416 e. The van der Waals surface area contributed by atoms with E-state index in [4.69, 9.17) is 0 Å². The molecule has 0 radical (unpaired) electrons. The van der Waals surface area contributed by atoms with E-state index in [9.17, 15) is 44.3 Å². The van der Waals surface area contributed by atoms with Crippen LogP contribution in [0.4, 0.5) is 39.5 Å². The van der Waals surface area contributed by atoms with Gasteiger partial charge in [0, 0.05) is 6.21 Å². The highest BCUT2D eigenvalue weighted by Crippen LogP contribution is 2.52. The number of hydrogen-bond donors (Lipinski definition) is 0. The van der Waals surface area contributed by atoms with Gasteiger partial charge in [-0.3, -0.25) is 4.99 Å². The molecule has 1 aliphatic heterocycles. The fraction of sp³-hybridized carbons (Fsp3) is 0.364. The first kappa shape index (κ1) is 25.6. The van der Waals surface area contributed by atoms with Crippen LogP contribution in [0.3, 0.4) is 0 Å². The summed E-state index contributed by atoms with van der Waals surface area (Å²) in [5.41, 5.74) is -7.40. The van der Waals surface area contributed by atoms with Gasteiger partial charge in [0.1, 0.15) is 5.41 Å². The van der Waals surface area contributed by atoms with Crippen LogP contribution >= 0.6 is 0 Å². The van der Waals surface area contributed by atoms with E-state index in [1.165, 1.54) is 25.1 Å². The summed E-state index contributed by atoms with van der Waals surface area (Å²) >= 11 is 0. The van der Waals surface area contributed by atoms with E-state index in [1.807, 2.05) is 0 Å². The third kappa shape index (κ3) is 4.62. The molecule has 12 heteroatoms. The van der Waals surface area contributed by atoms with Gasteiger partial charge >= 0.3 is 24.5 Å². The van der Waals surface area contributed by atoms with E-state index < -0.39 is 59.1 Å². The molecule has 3 rings (SSSR count). The zero-order chi connectivity index (χ0) is 25.7. The highest BCUT2D eigenvalue weighted by atomic mass is 19.4. The maximum absolute atomic E-state index is 14.2. The summed E-state index contributed by atoms with van der Waals surface area (Å²) in [5.74, 6) is -0.688. The van der Waals surface area contributed by atoms with Gasteiger partial charge in [-0.25, -0.2) is 4.79 Å². The van der Waals surface area contributed by atoms with Gasteiger partial charge in [-0.15, -0.1) is 0 Å². The lowest BCUT2D eigenvalue weighted by atomic mass is 9.75. The van der Waals surface area contributed by atoms with Gasteiger partial charge in [0.25, 0.3) is 0 Å². The van der Waals surface area contributed by atoms with Crippen LogP contribution in [0, 0.1) is 6.92 Å². The molecule has 2 unspecified atom stereocenters. The van der Waals surface area contributed by atoms with Crippen LogP contribution in [0.25, 0.3) is 0 Å². The fourth-order valence-corrected chi connectivity index (χ4v) is 3.82. The number of methoxy groups -OCH3 is 1. The van der Waals surface area contributed by atoms with Crippen molar-refractivity contribution in [3.8, 4) is 0 Å². The number of benzene rings is 2. The van der Waals surface area contributed by atoms with E-state index >= 15 is 0 Å². The first-order valence-corrected chi connectivity index (χ1v) is 9.59. The molecule has 1 aliphatic rings. The summed E-state index contributed by atoms with van der Waals surface area (Å²) in [4.78, 5) is 15.5. The van der Waals surface area contributed by atoms with Gasteiger partial charge < -0.3 is 4.74 Å². The van der Waals surface area contributed by atoms with E-state index in [0.717, 1.165) is 7.11 Å². The van der Waals surface area contributed by atoms with Crippen LogP contribution in [0.5, 0.6) is 0 Å². The zero-order valence-electron chi connectivity index (χ0n) is 17.5. The second-order valence-electron chi connectivity index (χ2n) is 7.83. The number of esters is 1. The Kier molecular flexibility index (Phi) is 6.25. The largest absolute Gasteiger partial charge is 0.465 e. The highest BCUT2D eigenvalue weighted by Gasteiger charge is 2.59. The maximum Gasteiger partial charge on any atom is 0.416 e. The Morgan fingerprint density at radius 1 is 0.941 bits per heavy atom. The number of carbonyl (C=O) groups is 1. The number of ether oxygens (including phenoxy) is 1. The number of halogens is 9. The van der Waals surface area contributed by atoms with Gasteiger partial charge in [-0.1, -0.05) is 12.1 Å². The number of nitrogens with zero attached hydrogens (tertiary/aromatic N) is 1. The van der Waals surface area contributed by atoms with E-state index in [0.29, 0.717) is 11.8 Å². The summed E-state index contributed by atoms with van der Waals surface area (Å²) in [6, 6.07) is 2.66. The van der Waals surface area contributed by atoms with Crippen molar-refractivity contribution in [1.82, 2.24) is 0 Å². The first-order valence-electron chi connectivity index (χ1n) is 9.59. The van der Waals surface area contributed by atoms with Gasteiger partial charge in [-0.2, -0.15) is 39.5 Å². The molecular weight excluding hydrogens is 481 g/mol. The number of hydrogen-bond acceptors (Lipinski definition) is 3. The molecule has 0 saturated carbocycles. The Morgan fingerprint density at radius 2 is 1.50 bits per heavy atom. The SMILES string of the molecule is COC(=O)c1ccc(C2CC(c3cc(C(F)(F)F)cc(C(F)(F)F)c3)(C(F)(F)F)C=N2)cc1C. The van der Waals surface area contributed by atoms with E-state index in [1.54, 1.807) is 0 Å². The lowest BCUT2D eigenvalue weighted by molar-refractivity contribution is -0.170. The summed E-state index contributed by atoms with van der Waals surface area (Å²) in [6.45, 7) is 1.49. The number of alkyl halides is 9. The minimum Gasteiger partial charge on any atom is -0.465 e. The van der Waals surface area contributed by atoms with Crippen molar-refractivity contribution in [3.63, 3.8) is 0 Å². The van der Waals surface area contributed by atoms with Crippen molar-refractivity contribution in [3.05, 3.63) is 69.8 Å². The Hall–Kier alpha value is -3.05. The Morgan fingerprint density at radius 3 is 1.94 bits per heavy atom. The predicted molar refractivity (Wildman–Crippen MR) is 103 cm³/mol. The molecule has 0 spiro atoms. The molecule has 0 bridgehead atoms. The Bertz CT molecular complexity index is 1100. The average molecular weight is 497 g/mol. The van der Waals surface area contributed by atoms with Crippen molar-refractivity contribution < 1.29 is 49.0 Å². The lowest BCUT2D eigenvalue weighted by Crippen LogP contribution is -2.43. The van der Waals surface area contributed by atoms with Crippen LogP contribution in [0.15, 0.2) is 41.4 Å². The normalized spacial score (nSPS) is 21.1. The molecule has 0 aliphatic carbocycles. The molecule has 2 aromatic rings. The maximum atomic E-state index is 14.2. The summed E-state index contributed by atoms with van der Waals surface area (Å²) in [6.07, 6.45) is -16.5. The standard InChI is InChI=1S/C22H16F9NO2/c1-11-5-12(3-4-16(11)18(33)34-2)17-9-19(10-32-17,22(29,30)31)13-6-14(20(23,24)25)8-15(7-13)21(26,27)28/h3-8,10,17H,9H2,1-2H3. The first-order chi connectivity index (χ1) is 15.5. The van der Waals surface area contributed by atoms with Crippen LogP contribution in [0.2, 0.25) is 0 Å². The number of carbonyl (C=O) groups excluding carboxylic acids is 1.